The predicted octanol–water partition coefficient (Wildman–Crippen LogP) is 1.61. The number of esters is 4. The van der Waals surface area contributed by atoms with Crippen molar-refractivity contribution in [1.29, 1.82) is 0 Å². The number of benzene rings is 1. The molecule has 0 atom stereocenters. The molecule has 8 heteroatoms. The molecule has 130 valence electrons. The lowest BCUT2D eigenvalue weighted by Crippen LogP contribution is -2.19. The Morgan fingerprint density at radius 2 is 0.958 bits per heavy atom. The topological polar surface area (TPSA) is 105 Å². The fraction of sp³-hybridized carbons (Fsp3) is 0.375. The third-order valence-corrected chi connectivity index (χ3v) is 2.96. The van der Waals surface area contributed by atoms with Crippen molar-refractivity contribution in [3.8, 4) is 0 Å². The monoisotopic (exact) mass is 338 g/mol. The van der Waals surface area contributed by atoms with Crippen LogP contribution in [0.25, 0.3) is 0 Å². The third-order valence-electron chi connectivity index (χ3n) is 2.96. The highest BCUT2D eigenvalue weighted by Gasteiger charge is 2.27. The Morgan fingerprint density at radius 3 is 1.21 bits per heavy atom. The minimum atomic E-state index is -0.864. The number of methoxy groups -OCH3 is 2. The van der Waals surface area contributed by atoms with Crippen molar-refractivity contribution in [3.63, 3.8) is 0 Å². The molecule has 0 radical (unpaired) electrons. The fourth-order valence-corrected chi connectivity index (χ4v) is 1.91. The van der Waals surface area contributed by atoms with Crippen molar-refractivity contribution in [1.82, 2.24) is 0 Å². The number of rotatable bonds is 6. The van der Waals surface area contributed by atoms with Crippen LogP contribution in [0, 0.1) is 0 Å². The second kappa shape index (κ2) is 8.66. The summed E-state index contributed by atoms with van der Waals surface area (Å²) in [4.78, 5) is 48.0. The number of carbonyl (C=O) groups excluding carboxylic acids is 4. The van der Waals surface area contributed by atoms with Gasteiger partial charge in [-0.25, -0.2) is 19.2 Å². The van der Waals surface area contributed by atoms with Gasteiger partial charge in [0.2, 0.25) is 0 Å². The van der Waals surface area contributed by atoms with Gasteiger partial charge in [-0.15, -0.1) is 0 Å². The number of hydrogen-bond donors (Lipinski definition) is 0. The second-order valence-corrected chi connectivity index (χ2v) is 4.37. The Morgan fingerprint density at radius 1 is 0.667 bits per heavy atom. The SMILES string of the molecule is CCOC(=O)c1cc(C(=O)OC)c(C(=O)OC)cc1C(=O)OCC. The van der Waals surface area contributed by atoms with Gasteiger partial charge in [-0.1, -0.05) is 0 Å². The molecule has 0 N–H and O–H groups in total. The molecule has 1 aromatic rings. The minimum Gasteiger partial charge on any atom is -0.465 e. The Labute approximate surface area is 138 Å². The van der Waals surface area contributed by atoms with Crippen LogP contribution >= 0.6 is 0 Å². The largest absolute Gasteiger partial charge is 0.465 e. The van der Waals surface area contributed by atoms with Gasteiger partial charge in [0, 0.05) is 0 Å². The molecule has 0 amide bonds. The fourth-order valence-electron chi connectivity index (χ4n) is 1.91. The molecule has 1 aromatic carbocycles. The van der Waals surface area contributed by atoms with Crippen LogP contribution in [-0.4, -0.2) is 51.3 Å². The molecule has 0 fully saturated rings. The van der Waals surface area contributed by atoms with Gasteiger partial charge in [0.05, 0.1) is 49.7 Å². The Hall–Kier alpha value is -2.90. The molecule has 0 spiro atoms. The van der Waals surface area contributed by atoms with Crippen molar-refractivity contribution >= 4 is 23.9 Å². The molecular weight excluding hydrogens is 320 g/mol. The smallest absolute Gasteiger partial charge is 0.339 e. The zero-order chi connectivity index (χ0) is 18.3. The van der Waals surface area contributed by atoms with Crippen LogP contribution in [0.3, 0.4) is 0 Å². The molecule has 0 aliphatic rings. The highest BCUT2D eigenvalue weighted by Crippen LogP contribution is 2.21. The highest BCUT2D eigenvalue weighted by atomic mass is 16.5. The van der Waals surface area contributed by atoms with E-state index < -0.39 is 23.9 Å². The molecule has 0 unspecified atom stereocenters. The van der Waals surface area contributed by atoms with E-state index in [1.54, 1.807) is 13.8 Å². The summed E-state index contributed by atoms with van der Waals surface area (Å²) in [7, 11) is 2.24. The minimum absolute atomic E-state index is 0.0629. The molecule has 8 nitrogen and oxygen atoms in total. The number of carbonyl (C=O) groups is 4. The summed E-state index contributed by atoms with van der Waals surface area (Å²) in [5.41, 5.74) is -0.854. The summed E-state index contributed by atoms with van der Waals surface area (Å²) in [5, 5.41) is 0. The third kappa shape index (κ3) is 4.09. The van der Waals surface area contributed by atoms with Gasteiger partial charge in [-0.3, -0.25) is 0 Å². The van der Waals surface area contributed by atoms with E-state index in [2.05, 4.69) is 9.47 Å². The predicted molar refractivity (Wildman–Crippen MR) is 81.0 cm³/mol. The molecule has 24 heavy (non-hydrogen) atoms. The molecular formula is C16H18O8. The first-order valence-corrected chi connectivity index (χ1v) is 7.10. The van der Waals surface area contributed by atoms with Crippen molar-refractivity contribution in [3.05, 3.63) is 34.4 Å². The van der Waals surface area contributed by atoms with Crippen molar-refractivity contribution in [2.24, 2.45) is 0 Å². The Bertz CT molecular complexity index is 605. The molecule has 0 bridgehead atoms. The van der Waals surface area contributed by atoms with E-state index in [9.17, 15) is 19.2 Å². The molecule has 0 heterocycles. The molecule has 0 aliphatic heterocycles. The lowest BCUT2D eigenvalue weighted by molar-refractivity contribution is 0.0476. The van der Waals surface area contributed by atoms with Crippen molar-refractivity contribution in [2.75, 3.05) is 27.4 Å². The quantitative estimate of drug-likeness (QED) is 0.569. The van der Waals surface area contributed by atoms with Crippen molar-refractivity contribution in [2.45, 2.75) is 13.8 Å². The first-order chi connectivity index (χ1) is 11.4. The van der Waals surface area contributed by atoms with Crippen LogP contribution in [0.4, 0.5) is 0 Å². The summed E-state index contributed by atoms with van der Waals surface area (Å²) in [6.07, 6.45) is 0. The maximum absolute atomic E-state index is 12.1. The van der Waals surface area contributed by atoms with Gasteiger partial charge in [-0.2, -0.15) is 0 Å². The summed E-state index contributed by atoms with van der Waals surface area (Å²) < 4.78 is 19.0. The van der Waals surface area contributed by atoms with E-state index in [-0.39, 0.29) is 35.5 Å². The summed E-state index contributed by atoms with van der Waals surface area (Å²) in [6.45, 7) is 3.30. The van der Waals surface area contributed by atoms with Crippen LogP contribution in [0.15, 0.2) is 12.1 Å². The second-order valence-electron chi connectivity index (χ2n) is 4.37. The van der Waals surface area contributed by atoms with Crippen LogP contribution in [0.2, 0.25) is 0 Å². The van der Waals surface area contributed by atoms with Gasteiger partial charge in [0.15, 0.2) is 0 Å². The van der Waals surface area contributed by atoms with E-state index in [0.717, 1.165) is 26.4 Å². The van der Waals surface area contributed by atoms with Crippen LogP contribution in [-0.2, 0) is 18.9 Å². The average Bonchev–Trinajstić information content (AvgIpc) is 2.59. The average molecular weight is 338 g/mol. The van der Waals surface area contributed by atoms with E-state index >= 15 is 0 Å². The first-order valence-electron chi connectivity index (χ1n) is 7.10. The molecule has 0 aliphatic carbocycles. The molecule has 1 rings (SSSR count). The van der Waals surface area contributed by atoms with E-state index in [1.165, 1.54) is 0 Å². The lowest BCUT2D eigenvalue weighted by atomic mass is 9.98. The van der Waals surface area contributed by atoms with Gasteiger partial charge >= 0.3 is 23.9 Å². The van der Waals surface area contributed by atoms with Gasteiger partial charge in [-0.05, 0) is 26.0 Å². The van der Waals surface area contributed by atoms with E-state index in [4.69, 9.17) is 9.47 Å². The van der Waals surface area contributed by atoms with E-state index in [1.807, 2.05) is 0 Å². The van der Waals surface area contributed by atoms with E-state index in [0.29, 0.717) is 0 Å². The van der Waals surface area contributed by atoms with Crippen LogP contribution < -0.4 is 0 Å². The highest BCUT2D eigenvalue weighted by molar-refractivity contribution is 6.10. The molecule has 0 saturated heterocycles. The number of hydrogen-bond acceptors (Lipinski definition) is 8. The standard InChI is InChI=1S/C16H18O8/c1-5-23-15(19)11-7-9(13(17)21-3)10(14(18)22-4)8-12(11)16(20)24-6-2/h7-8H,5-6H2,1-4H3. The summed E-state index contributed by atoms with van der Waals surface area (Å²) in [5.74, 6) is -3.39. The number of ether oxygens (including phenoxy) is 4. The van der Waals surface area contributed by atoms with Gasteiger partial charge in [0.25, 0.3) is 0 Å². The maximum atomic E-state index is 12.1. The molecule has 0 aromatic heterocycles. The first kappa shape index (κ1) is 19.1. The van der Waals surface area contributed by atoms with Crippen molar-refractivity contribution < 1.29 is 38.1 Å². The Balaban J connectivity index is 3.65. The zero-order valence-corrected chi connectivity index (χ0v) is 13.8. The maximum Gasteiger partial charge on any atom is 0.339 e. The Kier molecular flexibility index (Phi) is 6.91. The van der Waals surface area contributed by atoms with Gasteiger partial charge in [0.1, 0.15) is 0 Å². The zero-order valence-electron chi connectivity index (χ0n) is 13.8. The van der Waals surface area contributed by atoms with Gasteiger partial charge < -0.3 is 18.9 Å². The van der Waals surface area contributed by atoms with Crippen LogP contribution in [0.5, 0.6) is 0 Å². The van der Waals surface area contributed by atoms with Crippen LogP contribution in [0.1, 0.15) is 55.3 Å². The normalized spacial score (nSPS) is 9.83. The summed E-state index contributed by atoms with van der Waals surface area (Å²) in [6, 6.07) is 2.12. The summed E-state index contributed by atoms with van der Waals surface area (Å²) >= 11 is 0. The molecule has 0 saturated carbocycles. The lowest BCUT2D eigenvalue weighted by Gasteiger charge is -2.13.